The molecule has 0 aliphatic heterocycles. The summed E-state index contributed by atoms with van der Waals surface area (Å²) >= 11 is 5.10. The molecule has 0 bridgehead atoms. The van der Waals surface area contributed by atoms with Gasteiger partial charge in [0, 0.05) is 18.8 Å². The van der Waals surface area contributed by atoms with Gasteiger partial charge in [-0.1, -0.05) is 23.8 Å². The number of nitrogens with one attached hydrogen (secondary N) is 2. The van der Waals surface area contributed by atoms with Gasteiger partial charge in [0.1, 0.15) is 11.5 Å². The molecule has 2 aromatic heterocycles. The van der Waals surface area contributed by atoms with Gasteiger partial charge in [0.25, 0.3) is 5.91 Å². The maximum Gasteiger partial charge on any atom is 0.255 e. The Bertz CT molecular complexity index is 1270. The number of nitrogens with zero attached hydrogens (tertiary/aromatic N) is 4. The minimum Gasteiger partial charge on any atom is -0.345 e. The van der Waals surface area contributed by atoms with Crippen LogP contribution in [-0.2, 0) is 13.6 Å². The number of rotatable bonds is 5. The van der Waals surface area contributed by atoms with E-state index in [0.717, 1.165) is 11.1 Å². The Morgan fingerprint density at radius 3 is 2.67 bits per heavy atom. The number of aryl methyl sites for hydroxylation is 1. The molecule has 152 valence electrons. The largest absolute Gasteiger partial charge is 0.345 e. The molecule has 9 heteroatoms. The van der Waals surface area contributed by atoms with Gasteiger partial charge in [-0.25, -0.2) is 9.07 Å². The molecule has 0 aliphatic carbocycles. The summed E-state index contributed by atoms with van der Waals surface area (Å²) in [6.07, 6.45) is 1.64. The first-order valence-corrected chi connectivity index (χ1v) is 9.64. The van der Waals surface area contributed by atoms with E-state index >= 15 is 0 Å². The first-order chi connectivity index (χ1) is 14.4. The highest BCUT2D eigenvalue weighted by molar-refractivity contribution is 7.71. The van der Waals surface area contributed by atoms with E-state index in [1.807, 2.05) is 31.2 Å². The van der Waals surface area contributed by atoms with Crippen LogP contribution >= 0.6 is 12.2 Å². The Labute approximate surface area is 177 Å². The molecule has 2 N–H and O–H groups in total. The van der Waals surface area contributed by atoms with Gasteiger partial charge in [-0.3, -0.25) is 9.89 Å². The standard InChI is InChI=1S/C21H19FN6OS/c1-13-4-3-5-14(10-13)19-17(12-28(26-19)16-8-6-15(22)7-9-16)20(29)23-11-18-24-25-21(30)27(18)2/h3-10,12H,11H2,1-2H3,(H,23,29)(H,25,30). The molecule has 30 heavy (non-hydrogen) atoms. The number of halogens is 1. The molecule has 4 aromatic rings. The Hall–Kier alpha value is -3.59. The molecule has 0 spiro atoms. The fourth-order valence-corrected chi connectivity index (χ4v) is 3.22. The number of H-pyrrole nitrogens is 1. The van der Waals surface area contributed by atoms with E-state index in [4.69, 9.17) is 12.2 Å². The fraction of sp³-hybridized carbons (Fsp3) is 0.143. The van der Waals surface area contributed by atoms with Gasteiger partial charge in [0.2, 0.25) is 0 Å². The van der Waals surface area contributed by atoms with Crippen molar-refractivity contribution >= 4 is 18.1 Å². The van der Waals surface area contributed by atoms with Gasteiger partial charge in [-0.05, 0) is 49.5 Å². The second kappa shape index (κ2) is 8.03. The van der Waals surface area contributed by atoms with Crippen molar-refractivity contribution in [3.8, 4) is 16.9 Å². The van der Waals surface area contributed by atoms with Gasteiger partial charge < -0.3 is 9.88 Å². The smallest absolute Gasteiger partial charge is 0.255 e. The highest BCUT2D eigenvalue weighted by Gasteiger charge is 2.19. The van der Waals surface area contributed by atoms with Crippen LogP contribution in [0.15, 0.2) is 54.7 Å². The van der Waals surface area contributed by atoms with Crippen molar-refractivity contribution in [3.63, 3.8) is 0 Å². The number of amides is 1. The Balaban J connectivity index is 1.70. The van der Waals surface area contributed by atoms with Crippen molar-refractivity contribution < 1.29 is 9.18 Å². The lowest BCUT2D eigenvalue weighted by atomic mass is 10.1. The highest BCUT2D eigenvalue weighted by Crippen LogP contribution is 2.25. The molecule has 0 atom stereocenters. The molecule has 2 aromatic carbocycles. The predicted molar refractivity (Wildman–Crippen MR) is 113 cm³/mol. The first-order valence-electron chi connectivity index (χ1n) is 9.23. The molecule has 4 rings (SSSR count). The van der Waals surface area contributed by atoms with Gasteiger partial charge >= 0.3 is 0 Å². The van der Waals surface area contributed by atoms with E-state index in [1.54, 1.807) is 34.6 Å². The highest BCUT2D eigenvalue weighted by atomic mass is 32.1. The lowest BCUT2D eigenvalue weighted by Gasteiger charge is -2.05. The average Bonchev–Trinajstić information content (AvgIpc) is 3.31. The summed E-state index contributed by atoms with van der Waals surface area (Å²) in [4.78, 5) is 13.0. The third kappa shape index (κ3) is 3.92. The molecular weight excluding hydrogens is 403 g/mol. The van der Waals surface area contributed by atoms with Crippen LogP contribution in [0.3, 0.4) is 0 Å². The van der Waals surface area contributed by atoms with Crippen molar-refractivity contribution in [3.05, 3.63) is 82.3 Å². The van der Waals surface area contributed by atoms with Crippen LogP contribution in [0.5, 0.6) is 0 Å². The summed E-state index contributed by atoms with van der Waals surface area (Å²) < 4.78 is 17.0. The lowest BCUT2D eigenvalue weighted by molar-refractivity contribution is 0.0950. The quantitative estimate of drug-likeness (QED) is 0.481. The van der Waals surface area contributed by atoms with Crippen LogP contribution in [0.1, 0.15) is 21.7 Å². The minimum absolute atomic E-state index is 0.206. The molecule has 2 heterocycles. The van der Waals surface area contributed by atoms with E-state index in [1.165, 1.54) is 12.1 Å². The zero-order valence-corrected chi connectivity index (χ0v) is 17.2. The number of hydrogen-bond acceptors (Lipinski definition) is 4. The molecule has 0 unspecified atom stereocenters. The van der Waals surface area contributed by atoms with Crippen molar-refractivity contribution in [1.82, 2.24) is 29.9 Å². The normalized spacial score (nSPS) is 10.9. The summed E-state index contributed by atoms with van der Waals surface area (Å²) in [5, 5.41) is 14.3. The molecule has 0 saturated heterocycles. The maximum absolute atomic E-state index is 13.3. The zero-order chi connectivity index (χ0) is 21.3. The topological polar surface area (TPSA) is 80.5 Å². The second-order valence-corrected chi connectivity index (χ2v) is 7.26. The lowest BCUT2D eigenvalue weighted by Crippen LogP contribution is -2.24. The van der Waals surface area contributed by atoms with Gasteiger partial charge in [0.05, 0.1) is 17.8 Å². The number of aromatic nitrogens is 5. The average molecular weight is 422 g/mol. The van der Waals surface area contributed by atoms with Crippen molar-refractivity contribution in [2.45, 2.75) is 13.5 Å². The molecule has 0 radical (unpaired) electrons. The first kappa shape index (κ1) is 19.7. The predicted octanol–water partition coefficient (Wildman–Crippen LogP) is 3.71. The van der Waals surface area contributed by atoms with Crippen molar-refractivity contribution in [1.29, 1.82) is 0 Å². The summed E-state index contributed by atoms with van der Waals surface area (Å²) in [6.45, 7) is 2.18. The Morgan fingerprint density at radius 1 is 1.23 bits per heavy atom. The maximum atomic E-state index is 13.3. The van der Waals surface area contributed by atoms with Crippen LogP contribution in [0, 0.1) is 17.5 Å². The van der Waals surface area contributed by atoms with Gasteiger partial charge in [0.15, 0.2) is 10.6 Å². The van der Waals surface area contributed by atoms with E-state index in [0.29, 0.717) is 27.5 Å². The second-order valence-electron chi connectivity index (χ2n) is 6.87. The van der Waals surface area contributed by atoms with Gasteiger partial charge in [-0.15, -0.1) is 0 Å². The third-order valence-electron chi connectivity index (χ3n) is 4.72. The number of benzene rings is 2. The van der Waals surface area contributed by atoms with E-state index in [9.17, 15) is 9.18 Å². The summed E-state index contributed by atoms with van der Waals surface area (Å²) in [5.41, 5.74) is 3.47. The molecule has 0 aliphatic rings. The van der Waals surface area contributed by atoms with Crippen LogP contribution in [0.2, 0.25) is 0 Å². The number of carbonyl (C=O) groups is 1. The van der Waals surface area contributed by atoms with Crippen molar-refractivity contribution in [2.75, 3.05) is 0 Å². The number of aromatic amines is 1. The fourth-order valence-electron chi connectivity index (χ4n) is 3.06. The zero-order valence-electron chi connectivity index (χ0n) is 16.4. The number of hydrogen-bond donors (Lipinski definition) is 2. The molecule has 0 fully saturated rings. The van der Waals surface area contributed by atoms with Crippen LogP contribution in [0.4, 0.5) is 4.39 Å². The number of carbonyl (C=O) groups excluding carboxylic acids is 1. The monoisotopic (exact) mass is 422 g/mol. The summed E-state index contributed by atoms with van der Waals surface area (Å²) in [5.74, 6) is -0.0269. The van der Waals surface area contributed by atoms with Crippen molar-refractivity contribution in [2.24, 2.45) is 7.05 Å². The summed E-state index contributed by atoms with van der Waals surface area (Å²) in [6, 6.07) is 13.7. The third-order valence-corrected chi connectivity index (χ3v) is 5.09. The Kier molecular flexibility index (Phi) is 5.28. The minimum atomic E-state index is -0.337. The van der Waals surface area contributed by atoms with Crippen LogP contribution in [-0.4, -0.2) is 30.5 Å². The Morgan fingerprint density at radius 2 is 2.00 bits per heavy atom. The van der Waals surface area contributed by atoms with Crippen LogP contribution in [0.25, 0.3) is 16.9 Å². The van der Waals surface area contributed by atoms with Crippen LogP contribution < -0.4 is 5.32 Å². The van der Waals surface area contributed by atoms with E-state index in [-0.39, 0.29) is 18.3 Å². The van der Waals surface area contributed by atoms with Gasteiger partial charge in [-0.2, -0.15) is 10.2 Å². The summed E-state index contributed by atoms with van der Waals surface area (Å²) in [7, 11) is 1.78. The molecule has 1 amide bonds. The van der Waals surface area contributed by atoms with E-state index in [2.05, 4.69) is 20.6 Å². The van der Waals surface area contributed by atoms with E-state index < -0.39 is 0 Å². The molecule has 0 saturated carbocycles. The SMILES string of the molecule is Cc1cccc(-c2nn(-c3ccc(F)cc3)cc2C(=O)NCc2n[nH]c(=S)n2C)c1. The molecular formula is C21H19FN6OS. The molecule has 7 nitrogen and oxygen atoms in total.